The first-order valence-corrected chi connectivity index (χ1v) is 10.4. The Morgan fingerprint density at radius 3 is 2.25 bits per heavy atom. The van der Waals surface area contributed by atoms with Crippen molar-refractivity contribution in [1.29, 1.82) is 0 Å². The van der Waals surface area contributed by atoms with Gasteiger partial charge in [0.1, 0.15) is 5.82 Å². The fourth-order valence-electron chi connectivity index (χ4n) is 3.39. The molecule has 3 N–H and O–H groups in total. The number of carboxylic acid groups (broad SMARTS) is 1. The fraction of sp³-hybridized carbons (Fsp3) is 0.348. The molecule has 2 aromatic carbocycles. The smallest absolute Gasteiger partial charge is 0.337 e. The van der Waals surface area contributed by atoms with Gasteiger partial charge in [-0.3, -0.25) is 14.5 Å². The molecule has 1 aliphatic rings. The van der Waals surface area contributed by atoms with Gasteiger partial charge in [-0.1, -0.05) is 13.8 Å². The molecule has 0 aromatic heterocycles. The average molecular weight is 442 g/mol. The number of rotatable bonds is 7. The zero-order chi connectivity index (χ0) is 23.3. The Labute approximate surface area is 186 Å². The van der Waals surface area contributed by atoms with Crippen molar-refractivity contribution in [3.05, 3.63) is 53.8 Å². The summed E-state index contributed by atoms with van der Waals surface area (Å²) in [7, 11) is 0. The van der Waals surface area contributed by atoms with E-state index < -0.39 is 5.97 Å². The summed E-state index contributed by atoms with van der Waals surface area (Å²) in [5, 5.41) is 15.0. The van der Waals surface area contributed by atoms with Crippen LogP contribution in [0.15, 0.2) is 42.5 Å². The first kappa shape index (κ1) is 23.2. The van der Waals surface area contributed by atoms with Gasteiger partial charge >= 0.3 is 5.97 Å². The predicted molar refractivity (Wildman–Crippen MR) is 121 cm³/mol. The molecule has 3 rings (SSSR count). The maximum atomic E-state index is 13.0. The second-order valence-corrected chi connectivity index (χ2v) is 8.00. The number of carbonyl (C=O) groups is 3. The topological polar surface area (TPSA) is 102 Å². The van der Waals surface area contributed by atoms with Crippen LogP contribution in [0, 0.1) is 11.7 Å². The highest BCUT2D eigenvalue weighted by molar-refractivity contribution is 6.01. The molecule has 32 heavy (non-hydrogen) atoms. The van der Waals surface area contributed by atoms with Gasteiger partial charge in [0.15, 0.2) is 0 Å². The first-order chi connectivity index (χ1) is 15.2. The number of nitrogens with zero attached hydrogens (tertiary/aromatic N) is 2. The molecule has 1 saturated heterocycles. The third-order valence-corrected chi connectivity index (χ3v) is 5.25. The third kappa shape index (κ3) is 6.04. The number of piperazine rings is 1. The summed E-state index contributed by atoms with van der Waals surface area (Å²) in [6.07, 6.45) is 0. The van der Waals surface area contributed by atoms with Crippen molar-refractivity contribution in [2.45, 2.75) is 13.8 Å². The summed E-state index contributed by atoms with van der Waals surface area (Å²) in [4.78, 5) is 40.0. The maximum absolute atomic E-state index is 13.0. The van der Waals surface area contributed by atoms with Crippen LogP contribution in [0.2, 0.25) is 0 Å². The molecule has 0 bridgehead atoms. The largest absolute Gasteiger partial charge is 0.478 e. The van der Waals surface area contributed by atoms with Gasteiger partial charge in [-0.05, 0) is 42.5 Å². The molecule has 2 aromatic rings. The van der Waals surface area contributed by atoms with Crippen molar-refractivity contribution in [2.75, 3.05) is 48.3 Å². The predicted octanol–water partition coefficient (Wildman–Crippen LogP) is 2.88. The number of carboxylic acids is 1. The Morgan fingerprint density at radius 2 is 1.66 bits per heavy atom. The van der Waals surface area contributed by atoms with Gasteiger partial charge in [0, 0.05) is 43.5 Å². The molecular formula is C23H27FN4O4. The standard InChI is InChI=1S/C23H27FN4O4/c1-15(2)22(30)26-20-8-7-18(13-19(20)23(31)32)28-11-9-27(10-12-28)14-21(29)25-17-5-3-16(24)4-6-17/h3-8,13,15H,9-12,14H2,1-2H3,(H,25,29)(H,26,30)(H,31,32). The molecule has 0 atom stereocenters. The lowest BCUT2D eigenvalue weighted by atomic mass is 10.1. The van der Waals surface area contributed by atoms with Crippen LogP contribution >= 0.6 is 0 Å². The monoisotopic (exact) mass is 442 g/mol. The Hall–Kier alpha value is -3.46. The minimum atomic E-state index is -1.11. The molecule has 2 amide bonds. The Morgan fingerprint density at radius 1 is 1.00 bits per heavy atom. The molecule has 170 valence electrons. The van der Waals surface area contributed by atoms with Gasteiger partial charge in [0.2, 0.25) is 11.8 Å². The van der Waals surface area contributed by atoms with Gasteiger partial charge in [0.05, 0.1) is 17.8 Å². The van der Waals surface area contributed by atoms with Crippen LogP contribution in [0.3, 0.4) is 0 Å². The number of hydrogen-bond acceptors (Lipinski definition) is 5. The van der Waals surface area contributed by atoms with Crippen molar-refractivity contribution >= 4 is 34.8 Å². The number of halogens is 1. The van der Waals surface area contributed by atoms with Crippen LogP contribution in [0.25, 0.3) is 0 Å². The summed E-state index contributed by atoms with van der Waals surface area (Å²) >= 11 is 0. The number of carbonyl (C=O) groups excluding carboxylic acids is 2. The van der Waals surface area contributed by atoms with Crippen LogP contribution in [0.5, 0.6) is 0 Å². The van der Waals surface area contributed by atoms with E-state index >= 15 is 0 Å². The minimum Gasteiger partial charge on any atom is -0.478 e. The minimum absolute atomic E-state index is 0.0394. The molecule has 0 unspecified atom stereocenters. The summed E-state index contributed by atoms with van der Waals surface area (Å²) < 4.78 is 13.0. The quantitative estimate of drug-likeness (QED) is 0.610. The number of nitrogens with one attached hydrogen (secondary N) is 2. The van der Waals surface area contributed by atoms with E-state index in [1.54, 1.807) is 32.0 Å². The molecule has 0 aliphatic carbocycles. The molecule has 1 heterocycles. The Balaban J connectivity index is 1.57. The van der Waals surface area contributed by atoms with E-state index in [0.29, 0.717) is 31.9 Å². The van der Waals surface area contributed by atoms with Gasteiger partial charge in [-0.15, -0.1) is 0 Å². The molecule has 1 aliphatic heterocycles. The lowest BCUT2D eigenvalue weighted by molar-refractivity contribution is -0.119. The molecule has 0 spiro atoms. The van der Waals surface area contributed by atoms with Crippen molar-refractivity contribution < 1.29 is 23.9 Å². The highest BCUT2D eigenvalue weighted by atomic mass is 19.1. The molecular weight excluding hydrogens is 415 g/mol. The summed E-state index contributed by atoms with van der Waals surface area (Å²) in [6.45, 7) is 6.20. The lowest BCUT2D eigenvalue weighted by Crippen LogP contribution is -2.48. The van der Waals surface area contributed by atoms with Crippen molar-refractivity contribution in [1.82, 2.24) is 4.90 Å². The molecule has 8 nitrogen and oxygen atoms in total. The van der Waals surface area contributed by atoms with Crippen LogP contribution in [0.1, 0.15) is 24.2 Å². The molecule has 0 saturated carbocycles. The Kier molecular flexibility index (Phi) is 7.42. The van der Waals surface area contributed by atoms with E-state index in [0.717, 1.165) is 5.69 Å². The number of hydrogen-bond donors (Lipinski definition) is 3. The van der Waals surface area contributed by atoms with Crippen LogP contribution < -0.4 is 15.5 Å². The van der Waals surface area contributed by atoms with E-state index in [1.807, 2.05) is 4.90 Å². The summed E-state index contributed by atoms with van der Waals surface area (Å²) in [6, 6.07) is 10.6. The van der Waals surface area contributed by atoms with Crippen LogP contribution in [-0.2, 0) is 9.59 Å². The second-order valence-electron chi connectivity index (χ2n) is 8.00. The number of anilines is 3. The zero-order valence-electron chi connectivity index (χ0n) is 18.1. The Bertz CT molecular complexity index is 986. The van der Waals surface area contributed by atoms with Gasteiger partial charge in [-0.2, -0.15) is 0 Å². The fourth-order valence-corrected chi connectivity index (χ4v) is 3.39. The average Bonchev–Trinajstić information content (AvgIpc) is 2.76. The number of amides is 2. The van der Waals surface area contributed by atoms with Gasteiger partial charge < -0.3 is 20.6 Å². The lowest BCUT2D eigenvalue weighted by Gasteiger charge is -2.36. The second kappa shape index (κ2) is 10.2. The zero-order valence-corrected chi connectivity index (χ0v) is 18.1. The highest BCUT2D eigenvalue weighted by Gasteiger charge is 2.22. The SMILES string of the molecule is CC(C)C(=O)Nc1ccc(N2CCN(CC(=O)Nc3ccc(F)cc3)CC2)cc1C(=O)O. The van der Waals surface area contributed by atoms with Crippen LogP contribution in [0.4, 0.5) is 21.5 Å². The van der Waals surface area contributed by atoms with Crippen LogP contribution in [-0.4, -0.2) is 60.5 Å². The van der Waals surface area contributed by atoms with Gasteiger partial charge in [-0.25, -0.2) is 9.18 Å². The third-order valence-electron chi connectivity index (χ3n) is 5.25. The molecule has 1 fully saturated rings. The van der Waals surface area contributed by atoms with Crippen molar-refractivity contribution in [3.63, 3.8) is 0 Å². The normalized spacial score (nSPS) is 14.3. The summed E-state index contributed by atoms with van der Waals surface area (Å²) in [5.41, 5.74) is 1.61. The van der Waals surface area contributed by atoms with E-state index in [1.165, 1.54) is 24.3 Å². The number of aromatic carboxylic acids is 1. The highest BCUT2D eigenvalue weighted by Crippen LogP contribution is 2.25. The van der Waals surface area contributed by atoms with Gasteiger partial charge in [0.25, 0.3) is 0 Å². The number of benzene rings is 2. The van der Waals surface area contributed by atoms with Crippen molar-refractivity contribution in [3.8, 4) is 0 Å². The van der Waals surface area contributed by atoms with E-state index in [9.17, 15) is 23.9 Å². The molecule has 0 radical (unpaired) electrons. The molecule has 9 heteroatoms. The summed E-state index contributed by atoms with van der Waals surface area (Å²) in [5.74, 6) is -2.15. The first-order valence-electron chi connectivity index (χ1n) is 10.4. The maximum Gasteiger partial charge on any atom is 0.337 e. The van der Waals surface area contributed by atoms with E-state index in [-0.39, 0.29) is 41.3 Å². The van der Waals surface area contributed by atoms with Crippen molar-refractivity contribution in [2.24, 2.45) is 5.92 Å². The van der Waals surface area contributed by atoms with E-state index in [4.69, 9.17) is 0 Å². The van der Waals surface area contributed by atoms with E-state index in [2.05, 4.69) is 15.5 Å².